The molecular weight excluding hydrogens is 294 g/mol. The summed E-state index contributed by atoms with van der Waals surface area (Å²) in [5, 5.41) is 11.4. The normalized spacial score (nSPS) is 13.0. The minimum absolute atomic E-state index is 0.00970. The van der Waals surface area contributed by atoms with Gasteiger partial charge in [-0.3, -0.25) is 4.79 Å². The molecule has 1 rings (SSSR count). The van der Waals surface area contributed by atoms with E-state index in [1.54, 1.807) is 19.1 Å². The number of carbonyl (C=O) groups excluding carboxylic acids is 1. The van der Waals surface area contributed by atoms with E-state index in [4.69, 9.17) is 5.11 Å². The molecule has 0 aliphatic carbocycles. The van der Waals surface area contributed by atoms with E-state index in [2.05, 4.69) is 5.32 Å². The largest absolute Gasteiger partial charge is 0.480 e. The maximum absolute atomic E-state index is 12.0. The first-order chi connectivity index (χ1) is 9.75. The highest BCUT2D eigenvalue weighted by Crippen LogP contribution is 2.11. The van der Waals surface area contributed by atoms with Gasteiger partial charge in [0.2, 0.25) is 0 Å². The number of sulfone groups is 1. The molecular formula is C14H17NO5S. The Hall–Kier alpha value is -2.15. The highest BCUT2D eigenvalue weighted by atomic mass is 32.2. The van der Waals surface area contributed by atoms with Crippen LogP contribution in [0.5, 0.6) is 0 Å². The summed E-state index contributed by atoms with van der Waals surface area (Å²) < 4.78 is 22.9. The Morgan fingerprint density at radius 2 is 2.05 bits per heavy atom. The van der Waals surface area contributed by atoms with E-state index in [0.29, 0.717) is 0 Å². The lowest BCUT2D eigenvalue weighted by Crippen LogP contribution is -2.40. The van der Waals surface area contributed by atoms with Crippen LogP contribution in [0.25, 0.3) is 0 Å². The summed E-state index contributed by atoms with van der Waals surface area (Å²) >= 11 is 0. The molecule has 0 radical (unpaired) electrons. The summed E-state index contributed by atoms with van der Waals surface area (Å²) in [6.07, 6.45) is 4.51. The van der Waals surface area contributed by atoms with Gasteiger partial charge in [-0.05, 0) is 31.5 Å². The van der Waals surface area contributed by atoms with Crippen molar-refractivity contribution in [1.29, 1.82) is 0 Å². The quantitative estimate of drug-likeness (QED) is 0.770. The lowest BCUT2D eigenvalue weighted by atomic mass is 10.1. The monoisotopic (exact) mass is 311 g/mol. The van der Waals surface area contributed by atoms with Crippen molar-refractivity contribution in [2.45, 2.75) is 24.3 Å². The van der Waals surface area contributed by atoms with Crippen LogP contribution in [-0.2, 0) is 14.6 Å². The van der Waals surface area contributed by atoms with Gasteiger partial charge in [-0.2, -0.15) is 0 Å². The number of carbonyl (C=O) groups is 2. The summed E-state index contributed by atoms with van der Waals surface area (Å²) in [5.41, 5.74) is 0.102. The number of rotatable bonds is 6. The molecule has 0 aromatic heterocycles. The highest BCUT2D eigenvalue weighted by molar-refractivity contribution is 7.90. The predicted molar refractivity (Wildman–Crippen MR) is 77.9 cm³/mol. The summed E-state index contributed by atoms with van der Waals surface area (Å²) in [6.45, 7) is 1.75. The molecule has 1 unspecified atom stereocenters. The number of aliphatic carboxylic acids is 1. The molecule has 0 fully saturated rings. The summed E-state index contributed by atoms with van der Waals surface area (Å²) in [7, 11) is -3.43. The van der Waals surface area contributed by atoms with Gasteiger partial charge in [-0.1, -0.05) is 18.2 Å². The zero-order valence-electron chi connectivity index (χ0n) is 11.7. The second-order valence-corrected chi connectivity index (χ2v) is 6.48. The van der Waals surface area contributed by atoms with Gasteiger partial charge in [-0.15, -0.1) is 0 Å². The number of hydrogen-bond donors (Lipinski definition) is 2. The fraction of sp³-hybridized carbons (Fsp3) is 0.286. The van der Waals surface area contributed by atoms with E-state index >= 15 is 0 Å². The Balaban J connectivity index is 2.95. The lowest BCUT2D eigenvalue weighted by Gasteiger charge is -2.13. The van der Waals surface area contributed by atoms with Gasteiger partial charge in [0.1, 0.15) is 6.04 Å². The third kappa shape index (κ3) is 5.03. The van der Waals surface area contributed by atoms with E-state index in [1.165, 1.54) is 24.3 Å². The van der Waals surface area contributed by atoms with Crippen molar-refractivity contribution in [2.75, 3.05) is 6.26 Å². The molecule has 1 aromatic rings. The standard InChI is InChI=1S/C14H17NO5S/c1-3-4-8-12(14(17)18)15-13(16)10-6-5-7-11(9-10)21(2,19)20/h3-7,9,12H,8H2,1-2H3,(H,15,16)(H,17,18)/b4-3+. The van der Waals surface area contributed by atoms with Crippen molar-refractivity contribution in [3.05, 3.63) is 42.0 Å². The van der Waals surface area contributed by atoms with E-state index in [9.17, 15) is 18.0 Å². The van der Waals surface area contributed by atoms with Crippen molar-refractivity contribution in [2.24, 2.45) is 0 Å². The first-order valence-electron chi connectivity index (χ1n) is 6.20. The number of amides is 1. The third-order valence-electron chi connectivity index (χ3n) is 2.74. The van der Waals surface area contributed by atoms with Crippen LogP contribution in [0, 0.1) is 0 Å². The minimum atomic E-state index is -3.43. The fourth-order valence-corrected chi connectivity index (χ4v) is 2.27. The topological polar surface area (TPSA) is 101 Å². The SMILES string of the molecule is C/C=C/CC(NC(=O)c1cccc(S(C)(=O)=O)c1)C(=O)O. The second kappa shape index (κ2) is 7.03. The van der Waals surface area contributed by atoms with Gasteiger partial charge in [0, 0.05) is 11.8 Å². The Labute approximate surface area is 123 Å². The van der Waals surface area contributed by atoms with Crippen LogP contribution in [0.15, 0.2) is 41.3 Å². The van der Waals surface area contributed by atoms with Gasteiger partial charge in [-0.25, -0.2) is 13.2 Å². The molecule has 2 N–H and O–H groups in total. The minimum Gasteiger partial charge on any atom is -0.480 e. The van der Waals surface area contributed by atoms with Crippen LogP contribution in [-0.4, -0.2) is 37.7 Å². The zero-order chi connectivity index (χ0) is 16.0. The first kappa shape index (κ1) is 16.9. The van der Waals surface area contributed by atoms with Gasteiger partial charge in [0.05, 0.1) is 4.90 Å². The molecule has 0 bridgehead atoms. The summed E-state index contributed by atoms with van der Waals surface area (Å²) in [4.78, 5) is 23.1. The Morgan fingerprint density at radius 1 is 1.38 bits per heavy atom. The second-order valence-electron chi connectivity index (χ2n) is 4.47. The smallest absolute Gasteiger partial charge is 0.326 e. The Morgan fingerprint density at radius 3 is 2.57 bits per heavy atom. The van der Waals surface area contributed by atoms with Crippen LogP contribution >= 0.6 is 0 Å². The van der Waals surface area contributed by atoms with Crippen LogP contribution in [0.3, 0.4) is 0 Å². The summed E-state index contributed by atoms with van der Waals surface area (Å²) in [5.74, 6) is -1.78. The number of nitrogens with one attached hydrogen (secondary N) is 1. The third-order valence-corrected chi connectivity index (χ3v) is 3.85. The van der Waals surface area contributed by atoms with Gasteiger partial charge >= 0.3 is 5.97 Å². The van der Waals surface area contributed by atoms with Gasteiger partial charge in [0.15, 0.2) is 9.84 Å². The maximum Gasteiger partial charge on any atom is 0.326 e. The average Bonchev–Trinajstić information content (AvgIpc) is 2.42. The number of hydrogen-bond acceptors (Lipinski definition) is 4. The van der Waals surface area contributed by atoms with E-state index < -0.39 is 27.8 Å². The van der Waals surface area contributed by atoms with E-state index in [0.717, 1.165) is 6.26 Å². The number of benzene rings is 1. The number of carboxylic acids is 1. The van der Waals surface area contributed by atoms with Gasteiger partial charge < -0.3 is 10.4 Å². The number of allylic oxidation sites excluding steroid dienone is 1. The van der Waals surface area contributed by atoms with Crippen molar-refractivity contribution >= 4 is 21.7 Å². The maximum atomic E-state index is 12.0. The lowest BCUT2D eigenvalue weighted by molar-refractivity contribution is -0.139. The predicted octanol–water partition coefficient (Wildman–Crippen LogP) is 1.24. The Kier molecular flexibility index (Phi) is 5.66. The van der Waals surface area contributed by atoms with Crippen LogP contribution in [0.1, 0.15) is 23.7 Å². The molecule has 1 atom stereocenters. The molecule has 1 amide bonds. The molecule has 7 heteroatoms. The number of carboxylic acid groups (broad SMARTS) is 1. The van der Waals surface area contributed by atoms with Crippen molar-refractivity contribution in [1.82, 2.24) is 5.32 Å². The summed E-state index contributed by atoms with van der Waals surface area (Å²) in [6, 6.07) is 4.40. The molecule has 6 nitrogen and oxygen atoms in total. The van der Waals surface area contributed by atoms with Crippen molar-refractivity contribution < 1.29 is 23.1 Å². The van der Waals surface area contributed by atoms with E-state index in [-0.39, 0.29) is 16.9 Å². The molecule has 0 spiro atoms. The van der Waals surface area contributed by atoms with Crippen LogP contribution < -0.4 is 5.32 Å². The highest BCUT2D eigenvalue weighted by Gasteiger charge is 2.20. The van der Waals surface area contributed by atoms with Crippen molar-refractivity contribution in [3.8, 4) is 0 Å². The molecule has 0 heterocycles. The molecule has 0 saturated heterocycles. The molecule has 1 aromatic carbocycles. The molecule has 0 saturated carbocycles. The zero-order valence-corrected chi connectivity index (χ0v) is 12.6. The molecule has 0 aliphatic rings. The average molecular weight is 311 g/mol. The fourth-order valence-electron chi connectivity index (χ4n) is 1.60. The molecule has 21 heavy (non-hydrogen) atoms. The van der Waals surface area contributed by atoms with E-state index in [1.807, 2.05) is 0 Å². The molecule has 114 valence electrons. The van der Waals surface area contributed by atoms with Crippen LogP contribution in [0.2, 0.25) is 0 Å². The first-order valence-corrected chi connectivity index (χ1v) is 8.09. The van der Waals surface area contributed by atoms with Gasteiger partial charge in [0.25, 0.3) is 5.91 Å². The molecule has 0 aliphatic heterocycles. The van der Waals surface area contributed by atoms with Crippen LogP contribution in [0.4, 0.5) is 0 Å². The van der Waals surface area contributed by atoms with Crippen molar-refractivity contribution in [3.63, 3.8) is 0 Å². The Bertz CT molecular complexity index is 664.